The molecule has 1 aromatic carbocycles. The summed E-state index contributed by atoms with van der Waals surface area (Å²) in [7, 11) is 0. The minimum absolute atomic E-state index is 0.306. The molecule has 2 bridgehead atoms. The third kappa shape index (κ3) is 1.70. The standard InChI is InChI=1S/C16H16FN3O2/c17-12-2-1-10-7-14(21-13(10)8-12)15-18-16(22-19-15)9-20-5-3-11(16)4-6-20/h1-2,7-8,11H,3-6,9H2,(H,18,19). The van der Waals surface area contributed by atoms with Gasteiger partial charge in [-0.2, -0.15) is 0 Å². The van der Waals surface area contributed by atoms with E-state index in [1.54, 1.807) is 6.07 Å². The Balaban J connectivity index is 1.46. The van der Waals surface area contributed by atoms with Crippen LogP contribution in [-0.4, -0.2) is 36.1 Å². The van der Waals surface area contributed by atoms with Gasteiger partial charge in [0.1, 0.15) is 11.4 Å². The van der Waals surface area contributed by atoms with E-state index in [0.29, 0.717) is 23.1 Å². The van der Waals surface area contributed by atoms with Crippen LogP contribution in [-0.2, 0) is 4.84 Å². The molecule has 0 radical (unpaired) electrons. The molecule has 0 aliphatic carbocycles. The molecule has 1 atom stereocenters. The third-order valence-corrected chi connectivity index (χ3v) is 5.05. The summed E-state index contributed by atoms with van der Waals surface area (Å²) < 4.78 is 19.0. The molecule has 3 saturated heterocycles. The fraction of sp³-hybridized carbons (Fsp3) is 0.438. The number of benzene rings is 1. The highest BCUT2D eigenvalue weighted by molar-refractivity contribution is 6.00. The highest BCUT2D eigenvalue weighted by Gasteiger charge is 2.52. The first-order valence-corrected chi connectivity index (χ1v) is 7.68. The molecule has 5 heterocycles. The number of halogens is 1. The van der Waals surface area contributed by atoms with Gasteiger partial charge in [-0.1, -0.05) is 5.16 Å². The normalized spacial score (nSPS) is 33.0. The van der Waals surface area contributed by atoms with Gasteiger partial charge in [0, 0.05) is 17.4 Å². The second kappa shape index (κ2) is 4.23. The largest absolute Gasteiger partial charge is 0.453 e. The lowest BCUT2D eigenvalue weighted by atomic mass is 9.81. The number of fused-ring (bicyclic) bond motifs is 3. The molecular weight excluding hydrogens is 285 g/mol. The molecule has 114 valence electrons. The van der Waals surface area contributed by atoms with E-state index in [9.17, 15) is 4.39 Å². The summed E-state index contributed by atoms with van der Waals surface area (Å²) in [6.07, 6.45) is 2.25. The number of hydrogen-bond donors (Lipinski definition) is 1. The van der Waals surface area contributed by atoms with Crippen LogP contribution in [0.3, 0.4) is 0 Å². The maximum Gasteiger partial charge on any atom is 0.224 e. The number of nitrogens with zero attached hydrogens (tertiary/aromatic N) is 2. The van der Waals surface area contributed by atoms with Crippen molar-refractivity contribution in [2.24, 2.45) is 11.1 Å². The van der Waals surface area contributed by atoms with E-state index in [1.165, 1.54) is 12.1 Å². The Morgan fingerprint density at radius 3 is 2.91 bits per heavy atom. The van der Waals surface area contributed by atoms with Crippen LogP contribution in [0, 0.1) is 11.7 Å². The van der Waals surface area contributed by atoms with Gasteiger partial charge in [0.05, 0.1) is 6.54 Å². The fourth-order valence-corrected chi connectivity index (χ4v) is 3.87. The Kier molecular flexibility index (Phi) is 2.39. The highest BCUT2D eigenvalue weighted by atomic mass is 19.1. The van der Waals surface area contributed by atoms with E-state index >= 15 is 0 Å². The fourth-order valence-electron chi connectivity index (χ4n) is 3.87. The lowest BCUT2D eigenvalue weighted by Gasteiger charge is -2.49. The number of amidine groups is 1. The molecule has 0 amide bonds. The quantitative estimate of drug-likeness (QED) is 0.878. The Morgan fingerprint density at radius 2 is 2.14 bits per heavy atom. The van der Waals surface area contributed by atoms with Gasteiger partial charge in [-0.05, 0) is 44.1 Å². The van der Waals surface area contributed by atoms with E-state index in [2.05, 4.69) is 15.4 Å². The van der Waals surface area contributed by atoms with Crippen molar-refractivity contribution in [3.63, 3.8) is 0 Å². The highest BCUT2D eigenvalue weighted by Crippen LogP contribution is 2.39. The molecule has 1 spiro atoms. The van der Waals surface area contributed by atoms with Crippen molar-refractivity contribution in [1.29, 1.82) is 0 Å². The molecule has 5 nitrogen and oxygen atoms in total. The summed E-state index contributed by atoms with van der Waals surface area (Å²) in [6, 6.07) is 6.39. The molecule has 1 N–H and O–H groups in total. The number of piperidine rings is 3. The third-order valence-electron chi connectivity index (χ3n) is 5.05. The second-order valence-electron chi connectivity index (χ2n) is 6.39. The number of nitrogens with one attached hydrogen (secondary N) is 1. The van der Waals surface area contributed by atoms with E-state index in [4.69, 9.17) is 9.25 Å². The van der Waals surface area contributed by atoms with Gasteiger partial charge in [-0.25, -0.2) is 4.39 Å². The smallest absolute Gasteiger partial charge is 0.224 e. The average Bonchev–Trinajstić information content (AvgIpc) is 3.12. The average molecular weight is 301 g/mol. The lowest BCUT2D eigenvalue weighted by molar-refractivity contribution is -0.148. The van der Waals surface area contributed by atoms with Gasteiger partial charge in [0.2, 0.25) is 11.6 Å². The SMILES string of the molecule is Fc1ccc2cc(C3=NOC4(CN5CCC4CC5)N3)oc2c1. The van der Waals surface area contributed by atoms with Crippen LogP contribution in [0.15, 0.2) is 33.8 Å². The van der Waals surface area contributed by atoms with Gasteiger partial charge in [-0.3, -0.25) is 4.90 Å². The van der Waals surface area contributed by atoms with Crippen molar-refractivity contribution in [1.82, 2.24) is 10.2 Å². The van der Waals surface area contributed by atoms with Crippen LogP contribution in [0.5, 0.6) is 0 Å². The summed E-state index contributed by atoms with van der Waals surface area (Å²) >= 11 is 0. The first-order valence-electron chi connectivity index (χ1n) is 7.68. The van der Waals surface area contributed by atoms with Crippen molar-refractivity contribution in [2.45, 2.75) is 18.6 Å². The monoisotopic (exact) mass is 301 g/mol. The molecule has 4 aliphatic rings. The van der Waals surface area contributed by atoms with Crippen molar-refractivity contribution in [2.75, 3.05) is 19.6 Å². The van der Waals surface area contributed by atoms with Crippen molar-refractivity contribution in [3.8, 4) is 0 Å². The molecular formula is C16H16FN3O2. The summed E-state index contributed by atoms with van der Waals surface area (Å²) in [5.41, 5.74) is 0.102. The first kappa shape index (κ1) is 12.5. The molecule has 6 rings (SSSR count). The van der Waals surface area contributed by atoms with Gasteiger partial charge in [0.15, 0.2) is 5.76 Å². The zero-order chi connectivity index (χ0) is 14.7. The molecule has 3 fully saturated rings. The predicted octanol–water partition coefficient (Wildman–Crippen LogP) is 2.28. The Labute approximate surface area is 126 Å². The molecule has 0 saturated carbocycles. The zero-order valence-corrected chi connectivity index (χ0v) is 12.0. The topological polar surface area (TPSA) is 50.0 Å². The van der Waals surface area contributed by atoms with Gasteiger partial charge >= 0.3 is 0 Å². The summed E-state index contributed by atoms with van der Waals surface area (Å²) in [6.45, 7) is 3.12. The van der Waals surface area contributed by atoms with Crippen LogP contribution in [0.25, 0.3) is 11.0 Å². The van der Waals surface area contributed by atoms with Crippen LogP contribution >= 0.6 is 0 Å². The van der Waals surface area contributed by atoms with Crippen molar-refractivity contribution < 1.29 is 13.6 Å². The Hall–Kier alpha value is -2.08. The first-order chi connectivity index (χ1) is 10.7. The lowest BCUT2D eigenvalue weighted by Crippen LogP contribution is -2.65. The van der Waals surface area contributed by atoms with E-state index in [1.807, 2.05) is 6.07 Å². The summed E-state index contributed by atoms with van der Waals surface area (Å²) in [5, 5.41) is 8.50. The van der Waals surface area contributed by atoms with E-state index in [-0.39, 0.29) is 5.82 Å². The maximum absolute atomic E-state index is 13.3. The molecule has 2 aromatic rings. The van der Waals surface area contributed by atoms with Crippen LogP contribution in [0.1, 0.15) is 18.6 Å². The minimum Gasteiger partial charge on any atom is -0.453 e. The molecule has 1 aromatic heterocycles. The zero-order valence-electron chi connectivity index (χ0n) is 12.0. The van der Waals surface area contributed by atoms with Gasteiger partial charge < -0.3 is 14.6 Å². The van der Waals surface area contributed by atoms with Crippen molar-refractivity contribution >= 4 is 16.8 Å². The van der Waals surface area contributed by atoms with Crippen LogP contribution in [0.2, 0.25) is 0 Å². The predicted molar refractivity (Wildman–Crippen MR) is 78.8 cm³/mol. The molecule has 6 heteroatoms. The van der Waals surface area contributed by atoms with E-state index < -0.39 is 5.72 Å². The Morgan fingerprint density at radius 1 is 1.27 bits per heavy atom. The number of rotatable bonds is 1. The maximum atomic E-state index is 13.3. The Bertz CT molecular complexity index is 779. The summed E-state index contributed by atoms with van der Waals surface area (Å²) in [4.78, 5) is 8.21. The number of hydrogen-bond acceptors (Lipinski definition) is 5. The number of furan rings is 1. The van der Waals surface area contributed by atoms with Crippen molar-refractivity contribution in [3.05, 3.63) is 35.8 Å². The van der Waals surface area contributed by atoms with Crippen LogP contribution in [0.4, 0.5) is 4.39 Å². The number of oxime groups is 1. The van der Waals surface area contributed by atoms with E-state index in [0.717, 1.165) is 37.9 Å². The minimum atomic E-state index is -0.421. The molecule has 4 aliphatic heterocycles. The molecule has 22 heavy (non-hydrogen) atoms. The second-order valence-corrected chi connectivity index (χ2v) is 6.39. The summed E-state index contributed by atoms with van der Waals surface area (Å²) in [5.74, 6) is 1.36. The van der Waals surface area contributed by atoms with Gasteiger partial charge in [0.25, 0.3) is 0 Å². The van der Waals surface area contributed by atoms with Crippen LogP contribution < -0.4 is 5.32 Å². The molecule has 1 unspecified atom stereocenters. The van der Waals surface area contributed by atoms with Gasteiger partial charge in [-0.15, -0.1) is 0 Å².